The highest BCUT2D eigenvalue weighted by Crippen LogP contribution is 2.19. The topological polar surface area (TPSA) is 36.4 Å². The summed E-state index contributed by atoms with van der Waals surface area (Å²) in [5.74, 6) is 1.02. The molecule has 1 saturated carbocycles. The van der Waals surface area contributed by atoms with E-state index >= 15 is 0 Å². The number of aliphatic imine (C=N–C) groups is 1. The second-order valence-corrected chi connectivity index (χ2v) is 5.31. The molecule has 3 nitrogen and oxygen atoms in total. The van der Waals surface area contributed by atoms with E-state index in [1.54, 1.807) is 0 Å². The minimum atomic E-state index is 0.320. The molecule has 0 saturated heterocycles. The van der Waals surface area contributed by atoms with Gasteiger partial charge in [0.25, 0.3) is 0 Å². The van der Waals surface area contributed by atoms with Crippen LogP contribution in [0.4, 0.5) is 0 Å². The molecule has 0 spiro atoms. The van der Waals surface area contributed by atoms with Crippen molar-refractivity contribution in [1.29, 1.82) is 0 Å². The third-order valence-corrected chi connectivity index (χ3v) is 3.10. The molecule has 1 aliphatic carbocycles. The van der Waals surface area contributed by atoms with Crippen LogP contribution in [-0.4, -0.2) is 25.1 Å². The first-order valence-corrected chi connectivity index (χ1v) is 5.71. The van der Waals surface area contributed by atoms with Crippen molar-refractivity contribution in [3.05, 3.63) is 0 Å². The molecule has 1 aliphatic heterocycles. The van der Waals surface area contributed by atoms with Gasteiger partial charge < -0.3 is 10.6 Å². The molecule has 2 aliphatic rings. The molecular formula is C11H21N3. The predicted octanol–water partition coefficient (Wildman–Crippen LogP) is 1.50. The van der Waals surface area contributed by atoms with Gasteiger partial charge in [-0.15, -0.1) is 0 Å². The number of rotatable bonds is 1. The van der Waals surface area contributed by atoms with Gasteiger partial charge in [-0.2, -0.15) is 0 Å². The van der Waals surface area contributed by atoms with Gasteiger partial charge in [-0.3, -0.25) is 4.99 Å². The molecule has 0 atom stereocenters. The molecule has 0 aromatic carbocycles. The standard InChI is InChI=1S/C11H21N3/c1-11(2)7-12-10(13-8-11)14-9-5-3-4-6-9/h9H,3-8H2,1-2H3,(H2,12,13,14). The zero-order valence-electron chi connectivity index (χ0n) is 9.27. The Kier molecular flexibility index (Phi) is 2.66. The molecule has 0 aromatic heterocycles. The van der Waals surface area contributed by atoms with E-state index in [-0.39, 0.29) is 0 Å². The largest absolute Gasteiger partial charge is 0.356 e. The molecule has 2 N–H and O–H groups in total. The van der Waals surface area contributed by atoms with Crippen LogP contribution in [0, 0.1) is 5.41 Å². The summed E-state index contributed by atoms with van der Waals surface area (Å²) in [6, 6.07) is 0.669. The van der Waals surface area contributed by atoms with Crippen LogP contribution >= 0.6 is 0 Å². The molecular weight excluding hydrogens is 174 g/mol. The van der Waals surface area contributed by atoms with E-state index in [1.807, 2.05) is 0 Å². The Morgan fingerprint density at radius 3 is 2.64 bits per heavy atom. The van der Waals surface area contributed by atoms with Crippen LogP contribution in [-0.2, 0) is 0 Å². The SMILES string of the molecule is CC1(C)CN=C(NC2CCCC2)NC1. The zero-order valence-corrected chi connectivity index (χ0v) is 9.27. The van der Waals surface area contributed by atoms with Crippen molar-refractivity contribution in [1.82, 2.24) is 10.6 Å². The highest BCUT2D eigenvalue weighted by atomic mass is 15.2. The highest BCUT2D eigenvalue weighted by Gasteiger charge is 2.24. The monoisotopic (exact) mass is 195 g/mol. The van der Waals surface area contributed by atoms with E-state index in [0.717, 1.165) is 19.0 Å². The lowest BCUT2D eigenvalue weighted by molar-refractivity contribution is 0.356. The van der Waals surface area contributed by atoms with Crippen molar-refractivity contribution >= 4 is 5.96 Å². The Bertz CT molecular complexity index is 227. The zero-order chi connectivity index (χ0) is 10.0. The quantitative estimate of drug-likeness (QED) is 0.665. The van der Waals surface area contributed by atoms with Crippen molar-refractivity contribution in [2.75, 3.05) is 13.1 Å². The summed E-state index contributed by atoms with van der Waals surface area (Å²) >= 11 is 0. The molecule has 0 radical (unpaired) electrons. The van der Waals surface area contributed by atoms with Crippen LogP contribution in [0.25, 0.3) is 0 Å². The lowest BCUT2D eigenvalue weighted by atomic mass is 9.93. The molecule has 0 bridgehead atoms. The average Bonchev–Trinajstić information content (AvgIpc) is 2.61. The summed E-state index contributed by atoms with van der Waals surface area (Å²) in [5.41, 5.74) is 0.320. The summed E-state index contributed by atoms with van der Waals surface area (Å²) in [6.07, 6.45) is 5.36. The number of guanidine groups is 1. The van der Waals surface area contributed by atoms with Crippen LogP contribution in [0.1, 0.15) is 39.5 Å². The lowest BCUT2D eigenvalue weighted by Crippen LogP contribution is -2.49. The molecule has 3 heteroatoms. The highest BCUT2D eigenvalue weighted by molar-refractivity contribution is 5.80. The molecule has 1 fully saturated rings. The first-order valence-electron chi connectivity index (χ1n) is 5.71. The number of hydrogen-bond acceptors (Lipinski definition) is 3. The summed E-state index contributed by atoms with van der Waals surface area (Å²) in [7, 11) is 0. The van der Waals surface area contributed by atoms with E-state index in [2.05, 4.69) is 29.5 Å². The minimum Gasteiger partial charge on any atom is -0.356 e. The van der Waals surface area contributed by atoms with Crippen molar-refractivity contribution in [3.63, 3.8) is 0 Å². The van der Waals surface area contributed by atoms with Crippen molar-refractivity contribution < 1.29 is 0 Å². The first kappa shape index (κ1) is 9.81. The predicted molar refractivity (Wildman–Crippen MR) is 59.5 cm³/mol. The van der Waals surface area contributed by atoms with Gasteiger partial charge in [-0.1, -0.05) is 26.7 Å². The first-order chi connectivity index (χ1) is 6.66. The smallest absolute Gasteiger partial charge is 0.191 e. The van der Waals surface area contributed by atoms with Gasteiger partial charge in [0.05, 0.1) is 0 Å². The average molecular weight is 195 g/mol. The van der Waals surface area contributed by atoms with Crippen LogP contribution in [0.15, 0.2) is 4.99 Å². The van der Waals surface area contributed by atoms with Gasteiger partial charge >= 0.3 is 0 Å². The van der Waals surface area contributed by atoms with Crippen molar-refractivity contribution in [3.8, 4) is 0 Å². The summed E-state index contributed by atoms with van der Waals surface area (Å²) in [6.45, 7) is 6.46. The second-order valence-electron chi connectivity index (χ2n) is 5.31. The molecule has 14 heavy (non-hydrogen) atoms. The Balaban J connectivity index is 1.84. The molecule has 1 heterocycles. The second kappa shape index (κ2) is 3.79. The number of nitrogens with one attached hydrogen (secondary N) is 2. The van der Waals surface area contributed by atoms with Crippen LogP contribution in [0.3, 0.4) is 0 Å². The van der Waals surface area contributed by atoms with Gasteiger partial charge in [0.2, 0.25) is 0 Å². The van der Waals surface area contributed by atoms with E-state index < -0.39 is 0 Å². The third kappa shape index (κ3) is 2.40. The maximum absolute atomic E-state index is 4.54. The molecule has 0 aromatic rings. The Morgan fingerprint density at radius 1 is 1.36 bits per heavy atom. The summed E-state index contributed by atoms with van der Waals surface area (Å²) in [5, 5.41) is 6.87. The van der Waals surface area contributed by atoms with Gasteiger partial charge in [-0.05, 0) is 12.8 Å². The van der Waals surface area contributed by atoms with E-state index in [4.69, 9.17) is 0 Å². The third-order valence-electron chi connectivity index (χ3n) is 3.10. The Labute approximate surface area is 86.4 Å². The molecule has 0 amide bonds. The van der Waals surface area contributed by atoms with Gasteiger partial charge in [0.1, 0.15) is 0 Å². The van der Waals surface area contributed by atoms with Gasteiger partial charge in [-0.25, -0.2) is 0 Å². The summed E-state index contributed by atoms with van der Waals surface area (Å²) in [4.78, 5) is 4.54. The van der Waals surface area contributed by atoms with Gasteiger partial charge in [0.15, 0.2) is 5.96 Å². The molecule has 2 rings (SSSR count). The fourth-order valence-electron chi connectivity index (χ4n) is 2.09. The van der Waals surface area contributed by atoms with Crippen LogP contribution < -0.4 is 10.6 Å². The number of hydrogen-bond donors (Lipinski definition) is 2. The van der Waals surface area contributed by atoms with E-state index in [9.17, 15) is 0 Å². The normalized spacial score (nSPS) is 26.9. The van der Waals surface area contributed by atoms with E-state index in [0.29, 0.717) is 11.5 Å². The Hall–Kier alpha value is -0.730. The van der Waals surface area contributed by atoms with Crippen LogP contribution in [0.5, 0.6) is 0 Å². The van der Waals surface area contributed by atoms with Crippen molar-refractivity contribution in [2.45, 2.75) is 45.6 Å². The maximum atomic E-state index is 4.54. The van der Waals surface area contributed by atoms with Gasteiger partial charge in [0, 0.05) is 24.5 Å². The minimum absolute atomic E-state index is 0.320. The summed E-state index contributed by atoms with van der Waals surface area (Å²) < 4.78 is 0. The fourth-order valence-corrected chi connectivity index (χ4v) is 2.09. The maximum Gasteiger partial charge on any atom is 0.191 e. The van der Waals surface area contributed by atoms with Crippen LogP contribution in [0.2, 0.25) is 0 Å². The lowest BCUT2D eigenvalue weighted by Gasteiger charge is -2.30. The van der Waals surface area contributed by atoms with Crippen molar-refractivity contribution in [2.24, 2.45) is 10.4 Å². The molecule has 0 unspecified atom stereocenters. The van der Waals surface area contributed by atoms with E-state index in [1.165, 1.54) is 25.7 Å². The number of nitrogens with zero attached hydrogens (tertiary/aromatic N) is 1. The Morgan fingerprint density at radius 2 is 2.07 bits per heavy atom. The fraction of sp³-hybridized carbons (Fsp3) is 0.909. The molecule has 80 valence electrons.